The van der Waals surface area contributed by atoms with Gasteiger partial charge in [0.05, 0.1) is 0 Å². The standard InChI is InChI=1S/C14H24N2O3/c1-14(2,3)19-13(18)16-11-8-15-7-10(11)9-5-4-6-12(9)17/h9-11,15H,4-8H2,1-3H3,(H,16,18)/t9-,10+,11-/m0/s1. The molecule has 2 fully saturated rings. The number of carbonyl (C=O) groups excluding carboxylic acids is 2. The molecule has 0 aromatic rings. The van der Waals surface area contributed by atoms with Crippen molar-refractivity contribution in [3.63, 3.8) is 0 Å². The molecule has 5 nitrogen and oxygen atoms in total. The second-order valence-corrected chi connectivity index (χ2v) is 6.54. The van der Waals surface area contributed by atoms with Crippen LogP contribution in [0.3, 0.4) is 0 Å². The Morgan fingerprint density at radius 2 is 2.11 bits per heavy atom. The summed E-state index contributed by atoms with van der Waals surface area (Å²) >= 11 is 0. The van der Waals surface area contributed by atoms with E-state index in [0.717, 1.165) is 19.4 Å². The molecule has 0 aromatic carbocycles. The fraction of sp³-hybridized carbons (Fsp3) is 0.857. The van der Waals surface area contributed by atoms with E-state index in [9.17, 15) is 9.59 Å². The molecule has 1 saturated carbocycles. The van der Waals surface area contributed by atoms with Gasteiger partial charge in [0.2, 0.25) is 0 Å². The number of rotatable bonds is 2. The zero-order chi connectivity index (χ0) is 14.0. The summed E-state index contributed by atoms with van der Waals surface area (Å²) in [6, 6.07) is 0.00176. The molecule has 2 N–H and O–H groups in total. The molecule has 1 heterocycles. The smallest absolute Gasteiger partial charge is 0.407 e. The first-order valence-electron chi connectivity index (χ1n) is 7.10. The summed E-state index contributed by atoms with van der Waals surface area (Å²) < 4.78 is 5.27. The molecule has 0 spiro atoms. The van der Waals surface area contributed by atoms with Crippen LogP contribution in [0, 0.1) is 11.8 Å². The lowest BCUT2D eigenvalue weighted by Crippen LogP contribution is -2.45. The molecular formula is C14H24N2O3. The van der Waals surface area contributed by atoms with Crippen LogP contribution < -0.4 is 10.6 Å². The first kappa shape index (κ1) is 14.3. The molecular weight excluding hydrogens is 244 g/mol. The zero-order valence-corrected chi connectivity index (χ0v) is 12.0. The van der Waals surface area contributed by atoms with Crippen LogP contribution in [-0.4, -0.2) is 36.6 Å². The Balaban J connectivity index is 1.92. The number of hydrogen-bond donors (Lipinski definition) is 2. The highest BCUT2D eigenvalue weighted by Crippen LogP contribution is 2.32. The highest BCUT2D eigenvalue weighted by atomic mass is 16.6. The predicted molar refractivity (Wildman–Crippen MR) is 71.9 cm³/mol. The molecule has 0 bridgehead atoms. The van der Waals surface area contributed by atoms with Gasteiger partial charge in [-0.3, -0.25) is 4.79 Å². The van der Waals surface area contributed by atoms with E-state index in [2.05, 4.69) is 10.6 Å². The van der Waals surface area contributed by atoms with Crippen molar-refractivity contribution in [3.8, 4) is 0 Å². The predicted octanol–water partition coefficient (Wildman–Crippen LogP) is 1.47. The van der Waals surface area contributed by atoms with E-state index < -0.39 is 11.7 Å². The average Bonchev–Trinajstić information content (AvgIpc) is 2.83. The number of alkyl carbamates (subject to hydrolysis) is 1. The number of Topliss-reactive ketones (excluding diaryl/α,β-unsaturated/α-hetero) is 1. The summed E-state index contributed by atoms with van der Waals surface area (Å²) in [5.74, 6) is 0.669. The number of carbonyl (C=O) groups is 2. The zero-order valence-electron chi connectivity index (χ0n) is 12.0. The topological polar surface area (TPSA) is 67.4 Å². The number of ketones is 1. The Morgan fingerprint density at radius 1 is 1.37 bits per heavy atom. The number of amides is 1. The molecule has 0 unspecified atom stereocenters. The minimum Gasteiger partial charge on any atom is -0.444 e. The molecule has 19 heavy (non-hydrogen) atoms. The van der Waals surface area contributed by atoms with E-state index in [1.165, 1.54) is 0 Å². The highest BCUT2D eigenvalue weighted by molar-refractivity contribution is 5.83. The number of hydrogen-bond acceptors (Lipinski definition) is 4. The van der Waals surface area contributed by atoms with Crippen molar-refractivity contribution in [2.45, 2.75) is 51.7 Å². The van der Waals surface area contributed by atoms with E-state index in [1.54, 1.807) is 0 Å². The van der Waals surface area contributed by atoms with E-state index in [0.29, 0.717) is 18.7 Å². The Hall–Kier alpha value is -1.10. The fourth-order valence-corrected chi connectivity index (χ4v) is 3.03. The molecule has 1 aliphatic heterocycles. The van der Waals surface area contributed by atoms with E-state index >= 15 is 0 Å². The monoisotopic (exact) mass is 268 g/mol. The Morgan fingerprint density at radius 3 is 2.68 bits per heavy atom. The lowest BCUT2D eigenvalue weighted by molar-refractivity contribution is -0.122. The Bertz CT molecular complexity index is 362. The normalized spacial score (nSPS) is 31.5. The minimum atomic E-state index is -0.491. The van der Waals surface area contributed by atoms with Gasteiger partial charge in [-0.15, -0.1) is 0 Å². The van der Waals surface area contributed by atoms with E-state index in [-0.39, 0.29) is 17.9 Å². The summed E-state index contributed by atoms with van der Waals surface area (Å²) in [7, 11) is 0. The van der Waals surface area contributed by atoms with Gasteiger partial charge in [0, 0.05) is 37.4 Å². The minimum absolute atomic E-state index is 0.00176. The van der Waals surface area contributed by atoms with Crippen LogP contribution >= 0.6 is 0 Å². The van der Waals surface area contributed by atoms with Crippen LogP contribution in [-0.2, 0) is 9.53 Å². The Kier molecular flexibility index (Phi) is 4.13. The van der Waals surface area contributed by atoms with Gasteiger partial charge in [-0.2, -0.15) is 0 Å². The first-order chi connectivity index (χ1) is 8.87. The highest BCUT2D eigenvalue weighted by Gasteiger charge is 2.40. The first-order valence-corrected chi connectivity index (χ1v) is 7.10. The van der Waals surface area contributed by atoms with Gasteiger partial charge in [0.1, 0.15) is 11.4 Å². The Labute approximate surface area is 114 Å². The van der Waals surface area contributed by atoms with Crippen molar-refractivity contribution < 1.29 is 14.3 Å². The van der Waals surface area contributed by atoms with Gasteiger partial charge in [0.15, 0.2) is 0 Å². The second kappa shape index (κ2) is 5.49. The molecule has 1 amide bonds. The quantitative estimate of drug-likeness (QED) is 0.796. The van der Waals surface area contributed by atoms with Gasteiger partial charge >= 0.3 is 6.09 Å². The van der Waals surface area contributed by atoms with Crippen LogP contribution in [0.2, 0.25) is 0 Å². The molecule has 1 aliphatic carbocycles. The molecule has 0 aromatic heterocycles. The van der Waals surface area contributed by atoms with Gasteiger partial charge in [0.25, 0.3) is 0 Å². The molecule has 1 saturated heterocycles. The summed E-state index contributed by atoms with van der Waals surface area (Å²) in [4.78, 5) is 23.7. The average molecular weight is 268 g/mol. The third-order valence-corrected chi connectivity index (χ3v) is 3.83. The van der Waals surface area contributed by atoms with Gasteiger partial charge in [-0.05, 0) is 33.6 Å². The number of nitrogens with one attached hydrogen (secondary N) is 2. The maximum atomic E-state index is 11.8. The maximum absolute atomic E-state index is 11.8. The summed E-state index contributed by atoms with van der Waals surface area (Å²) in [5, 5.41) is 6.17. The fourth-order valence-electron chi connectivity index (χ4n) is 3.03. The third kappa shape index (κ3) is 3.69. The van der Waals surface area contributed by atoms with Crippen molar-refractivity contribution >= 4 is 11.9 Å². The molecule has 2 aliphatic rings. The molecule has 2 rings (SSSR count). The third-order valence-electron chi connectivity index (χ3n) is 3.83. The summed E-state index contributed by atoms with van der Waals surface area (Å²) in [5.41, 5.74) is -0.491. The lowest BCUT2D eigenvalue weighted by atomic mass is 9.86. The van der Waals surface area contributed by atoms with Crippen molar-refractivity contribution in [3.05, 3.63) is 0 Å². The molecule has 3 atom stereocenters. The van der Waals surface area contributed by atoms with Crippen molar-refractivity contribution in [1.82, 2.24) is 10.6 Å². The molecule has 108 valence electrons. The van der Waals surface area contributed by atoms with E-state index in [1.807, 2.05) is 20.8 Å². The largest absolute Gasteiger partial charge is 0.444 e. The lowest BCUT2D eigenvalue weighted by Gasteiger charge is -2.26. The van der Waals surface area contributed by atoms with Crippen molar-refractivity contribution in [2.75, 3.05) is 13.1 Å². The summed E-state index contributed by atoms with van der Waals surface area (Å²) in [6.45, 7) is 7.05. The van der Waals surface area contributed by atoms with Gasteiger partial charge in [-0.25, -0.2) is 4.79 Å². The maximum Gasteiger partial charge on any atom is 0.407 e. The van der Waals surface area contributed by atoms with E-state index in [4.69, 9.17) is 4.74 Å². The summed E-state index contributed by atoms with van der Waals surface area (Å²) in [6.07, 6.45) is 2.24. The van der Waals surface area contributed by atoms with Gasteiger partial charge in [-0.1, -0.05) is 0 Å². The van der Waals surface area contributed by atoms with Crippen LogP contribution in [0.1, 0.15) is 40.0 Å². The number of ether oxygens (including phenoxy) is 1. The van der Waals surface area contributed by atoms with Crippen molar-refractivity contribution in [2.24, 2.45) is 11.8 Å². The van der Waals surface area contributed by atoms with Gasteiger partial charge < -0.3 is 15.4 Å². The van der Waals surface area contributed by atoms with Crippen LogP contribution in [0.15, 0.2) is 0 Å². The van der Waals surface area contributed by atoms with Crippen LogP contribution in [0.5, 0.6) is 0 Å². The molecule has 5 heteroatoms. The van der Waals surface area contributed by atoms with Crippen LogP contribution in [0.25, 0.3) is 0 Å². The SMILES string of the molecule is CC(C)(C)OC(=O)N[C@H]1CNC[C@@H]1[C@@H]1CCCC1=O. The molecule has 0 radical (unpaired) electrons. The van der Waals surface area contributed by atoms with Crippen LogP contribution in [0.4, 0.5) is 4.79 Å². The van der Waals surface area contributed by atoms with Crippen molar-refractivity contribution in [1.29, 1.82) is 0 Å². The second-order valence-electron chi connectivity index (χ2n) is 6.54.